The molecule has 0 radical (unpaired) electrons. The fourth-order valence-corrected chi connectivity index (χ4v) is 1.82. The van der Waals surface area contributed by atoms with Crippen molar-refractivity contribution in [1.29, 1.82) is 0 Å². The molecule has 2 amide bonds. The van der Waals surface area contributed by atoms with Crippen LogP contribution in [0, 0.1) is 13.8 Å². The van der Waals surface area contributed by atoms with Gasteiger partial charge in [-0.15, -0.1) is 0 Å². The normalized spacial score (nSPS) is 11.4. The number of carbonyl (C=O) groups excluding carboxylic acids is 1. The second kappa shape index (κ2) is 8.73. The van der Waals surface area contributed by atoms with Crippen LogP contribution in [0.2, 0.25) is 0 Å². The van der Waals surface area contributed by atoms with E-state index in [0.717, 1.165) is 11.1 Å². The summed E-state index contributed by atoms with van der Waals surface area (Å²) in [6.45, 7) is 1.88. The summed E-state index contributed by atoms with van der Waals surface area (Å²) >= 11 is 0. The molecule has 1 aromatic carbocycles. The van der Waals surface area contributed by atoms with E-state index < -0.39 is 18.8 Å². The van der Waals surface area contributed by atoms with E-state index in [1.54, 1.807) is 12.1 Å². The van der Waals surface area contributed by atoms with Crippen molar-refractivity contribution in [2.24, 2.45) is 0 Å². The van der Waals surface area contributed by atoms with Crippen LogP contribution in [-0.4, -0.2) is 55.1 Å². The Bertz CT molecular complexity index is 521. The van der Waals surface area contributed by atoms with Crippen LogP contribution in [0.1, 0.15) is 11.1 Å². The van der Waals surface area contributed by atoms with Crippen molar-refractivity contribution in [2.75, 3.05) is 38.2 Å². The maximum atomic E-state index is 12.1. The first-order valence-electron chi connectivity index (χ1n) is 7.11. The van der Waals surface area contributed by atoms with Crippen molar-refractivity contribution < 1.29 is 27.8 Å². The second-order valence-corrected chi connectivity index (χ2v) is 5.11. The summed E-state index contributed by atoms with van der Waals surface area (Å²) in [6.07, 6.45) is -4.40. The number of halogens is 3. The van der Waals surface area contributed by atoms with E-state index in [2.05, 4.69) is 10.1 Å². The molecule has 1 aromatic rings. The first kappa shape index (κ1) is 19.2. The molecule has 5 nitrogen and oxygen atoms in total. The third kappa shape index (κ3) is 7.34. The predicted octanol–water partition coefficient (Wildman–Crippen LogP) is 2.71. The highest BCUT2D eigenvalue weighted by Gasteiger charge is 2.27. The molecule has 0 aromatic heterocycles. The molecular weight excluding hydrogens is 313 g/mol. The number of amides is 2. The van der Waals surface area contributed by atoms with Gasteiger partial charge in [0.05, 0.1) is 13.2 Å². The molecule has 0 spiro atoms. The molecule has 130 valence electrons. The lowest BCUT2D eigenvalue weighted by atomic mass is 10.1. The number of hydrogen-bond donors (Lipinski definition) is 2. The average molecular weight is 334 g/mol. The SMILES string of the molecule is Cc1ccc(NC(=O)N(CCO)CCOCC(F)(F)F)cc1C. The van der Waals surface area contributed by atoms with Gasteiger partial charge in [-0.1, -0.05) is 6.07 Å². The third-order valence-electron chi connectivity index (χ3n) is 3.19. The summed E-state index contributed by atoms with van der Waals surface area (Å²) in [5.74, 6) is 0. The van der Waals surface area contributed by atoms with Crippen LogP contribution in [0.15, 0.2) is 18.2 Å². The minimum atomic E-state index is -4.40. The van der Waals surface area contributed by atoms with E-state index in [-0.39, 0.29) is 26.3 Å². The standard InChI is InChI=1S/C15H21F3N2O3/c1-11-3-4-13(9-12(11)2)19-14(22)20(5-7-21)6-8-23-10-15(16,17)18/h3-4,9,21H,5-8,10H2,1-2H3,(H,19,22). The monoisotopic (exact) mass is 334 g/mol. The van der Waals surface area contributed by atoms with Gasteiger partial charge < -0.3 is 20.1 Å². The molecule has 0 aliphatic rings. The number of alkyl halides is 3. The molecule has 23 heavy (non-hydrogen) atoms. The highest BCUT2D eigenvalue weighted by Crippen LogP contribution is 2.15. The van der Waals surface area contributed by atoms with Gasteiger partial charge in [0.1, 0.15) is 6.61 Å². The number of rotatable bonds is 7. The van der Waals surface area contributed by atoms with Crippen LogP contribution in [0.5, 0.6) is 0 Å². The zero-order chi connectivity index (χ0) is 17.5. The number of anilines is 1. The van der Waals surface area contributed by atoms with Crippen molar-refractivity contribution in [3.8, 4) is 0 Å². The Balaban J connectivity index is 2.54. The maximum Gasteiger partial charge on any atom is 0.411 e. The molecule has 0 aliphatic carbocycles. The summed E-state index contributed by atoms with van der Waals surface area (Å²) in [4.78, 5) is 13.3. The number of aryl methyl sites for hydroxylation is 2. The zero-order valence-corrected chi connectivity index (χ0v) is 13.1. The third-order valence-corrected chi connectivity index (χ3v) is 3.19. The van der Waals surface area contributed by atoms with Gasteiger partial charge in [0.15, 0.2) is 0 Å². The highest BCUT2D eigenvalue weighted by atomic mass is 19.4. The average Bonchev–Trinajstić information content (AvgIpc) is 2.45. The molecule has 8 heteroatoms. The minimum absolute atomic E-state index is 0.00601. The van der Waals surface area contributed by atoms with E-state index in [0.29, 0.717) is 5.69 Å². The van der Waals surface area contributed by atoms with Crippen LogP contribution in [-0.2, 0) is 4.74 Å². The predicted molar refractivity (Wildman–Crippen MR) is 80.5 cm³/mol. The Morgan fingerprint density at radius 1 is 1.26 bits per heavy atom. The maximum absolute atomic E-state index is 12.1. The van der Waals surface area contributed by atoms with Crippen molar-refractivity contribution >= 4 is 11.7 Å². The lowest BCUT2D eigenvalue weighted by molar-refractivity contribution is -0.174. The van der Waals surface area contributed by atoms with Gasteiger partial charge in [0.2, 0.25) is 0 Å². The molecule has 0 heterocycles. The largest absolute Gasteiger partial charge is 0.411 e. The summed E-state index contributed by atoms with van der Waals surface area (Å²) in [7, 11) is 0. The molecule has 0 aliphatic heterocycles. The van der Waals surface area contributed by atoms with Crippen LogP contribution < -0.4 is 5.32 Å². The first-order valence-corrected chi connectivity index (χ1v) is 7.11. The van der Waals surface area contributed by atoms with Gasteiger partial charge in [-0.3, -0.25) is 0 Å². The van der Waals surface area contributed by atoms with Crippen molar-refractivity contribution in [1.82, 2.24) is 4.90 Å². The quantitative estimate of drug-likeness (QED) is 0.754. The number of benzene rings is 1. The lowest BCUT2D eigenvalue weighted by Gasteiger charge is -2.22. The van der Waals surface area contributed by atoms with E-state index in [4.69, 9.17) is 5.11 Å². The van der Waals surface area contributed by atoms with Gasteiger partial charge in [-0.25, -0.2) is 4.79 Å². The van der Waals surface area contributed by atoms with Crippen LogP contribution >= 0.6 is 0 Å². The highest BCUT2D eigenvalue weighted by molar-refractivity contribution is 5.89. The molecule has 1 rings (SSSR count). The molecule has 0 unspecified atom stereocenters. The summed E-state index contributed by atoms with van der Waals surface area (Å²) < 4.78 is 40.4. The fraction of sp³-hybridized carbons (Fsp3) is 0.533. The van der Waals surface area contributed by atoms with E-state index in [9.17, 15) is 18.0 Å². The second-order valence-electron chi connectivity index (χ2n) is 5.11. The zero-order valence-electron chi connectivity index (χ0n) is 13.1. The molecule has 2 N–H and O–H groups in total. The Hall–Kier alpha value is -1.80. The van der Waals surface area contributed by atoms with Crippen LogP contribution in [0.4, 0.5) is 23.7 Å². The summed E-state index contributed by atoms with van der Waals surface area (Å²) in [5.41, 5.74) is 2.66. The number of nitrogens with zero attached hydrogens (tertiary/aromatic N) is 1. The Labute approximate surface area is 133 Å². The van der Waals surface area contributed by atoms with Gasteiger partial charge in [-0.2, -0.15) is 13.2 Å². The Kier molecular flexibility index (Phi) is 7.31. The van der Waals surface area contributed by atoms with E-state index in [1.165, 1.54) is 4.90 Å². The molecular formula is C15H21F3N2O3. The van der Waals surface area contributed by atoms with E-state index >= 15 is 0 Å². The van der Waals surface area contributed by atoms with Gasteiger partial charge >= 0.3 is 12.2 Å². The van der Waals surface area contributed by atoms with E-state index in [1.807, 2.05) is 19.9 Å². The molecule has 0 bridgehead atoms. The fourth-order valence-electron chi connectivity index (χ4n) is 1.82. The van der Waals surface area contributed by atoms with Gasteiger partial charge in [0, 0.05) is 18.8 Å². The minimum Gasteiger partial charge on any atom is -0.395 e. The summed E-state index contributed by atoms with van der Waals surface area (Å²) in [6, 6.07) is 4.88. The number of aliphatic hydroxyl groups is 1. The molecule has 0 saturated heterocycles. The van der Waals surface area contributed by atoms with Crippen molar-refractivity contribution in [2.45, 2.75) is 20.0 Å². The molecule has 0 fully saturated rings. The van der Waals surface area contributed by atoms with Gasteiger partial charge in [0.25, 0.3) is 0 Å². The first-order chi connectivity index (χ1) is 10.7. The van der Waals surface area contributed by atoms with Crippen LogP contribution in [0.3, 0.4) is 0 Å². The number of hydrogen-bond acceptors (Lipinski definition) is 3. The lowest BCUT2D eigenvalue weighted by Crippen LogP contribution is -2.39. The summed E-state index contributed by atoms with van der Waals surface area (Å²) in [5, 5.41) is 11.6. The number of carbonyl (C=O) groups is 1. The topological polar surface area (TPSA) is 61.8 Å². The number of aliphatic hydroxyl groups excluding tert-OH is 1. The van der Waals surface area contributed by atoms with Crippen molar-refractivity contribution in [3.05, 3.63) is 29.3 Å². The number of ether oxygens (including phenoxy) is 1. The van der Waals surface area contributed by atoms with Gasteiger partial charge in [-0.05, 0) is 37.1 Å². The molecule has 0 saturated carbocycles. The van der Waals surface area contributed by atoms with Crippen LogP contribution in [0.25, 0.3) is 0 Å². The Morgan fingerprint density at radius 2 is 1.96 bits per heavy atom. The smallest absolute Gasteiger partial charge is 0.395 e. The Morgan fingerprint density at radius 3 is 2.52 bits per heavy atom. The number of nitrogens with one attached hydrogen (secondary N) is 1. The number of urea groups is 1. The van der Waals surface area contributed by atoms with Crippen molar-refractivity contribution in [3.63, 3.8) is 0 Å². The molecule has 0 atom stereocenters.